The van der Waals surface area contributed by atoms with Crippen LogP contribution < -0.4 is 0 Å². The van der Waals surface area contributed by atoms with Crippen LogP contribution in [0.5, 0.6) is 0 Å². The first-order valence-corrected chi connectivity index (χ1v) is 10.0. The maximum atomic E-state index is 13.1. The van der Waals surface area contributed by atoms with Crippen LogP contribution in [-0.2, 0) is 16.9 Å². The maximum absolute atomic E-state index is 13.1. The summed E-state index contributed by atoms with van der Waals surface area (Å²) in [4.78, 5) is 19.3. The molecule has 1 amide bonds. The van der Waals surface area contributed by atoms with Crippen LogP contribution in [0.1, 0.15) is 18.5 Å². The molecule has 0 spiro atoms. The summed E-state index contributed by atoms with van der Waals surface area (Å²) in [5, 5.41) is 13.3. The Morgan fingerprint density at radius 2 is 1.48 bits per heavy atom. The second kappa shape index (κ2) is 7.01. The van der Waals surface area contributed by atoms with Crippen molar-refractivity contribution < 1.29 is 9.90 Å². The van der Waals surface area contributed by atoms with Gasteiger partial charge in [0.05, 0.1) is 5.69 Å². The van der Waals surface area contributed by atoms with Crippen molar-refractivity contribution in [1.82, 2.24) is 14.5 Å². The number of likely N-dealkylation sites (tertiary alicyclic amines) is 1. The lowest BCUT2D eigenvalue weighted by Gasteiger charge is -2.38. The fourth-order valence-corrected chi connectivity index (χ4v) is 4.43. The number of fused-ring (bicyclic) bond motifs is 3. The quantitative estimate of drug-likeness (QED) is 0.585. The largest absolute Gasteiger partial charge is 0.383 e. The van der Waals surface area contributed by atoms with E-state index in [-0.39, 0.29) is 5.91 Å². The van der Waals surface area contributed by atoms with E-state index in [0.29, 0.717) is 38.2 Å². The van der Waals surface area contributed by atoms with Gasteiger partial charge in [0.25, 0.3) is 0 Å². The summed E-state index contributed by atoms with van der Waals surface area (Å²) >= 11 is 0. The highest BCUT2D eigenvalue weighted by molar-refractivity contribution is 6.08. The molecule has 0 unspecified atom stereocenters. The third-order valence-corrected chi connectivity index (χ3v) is 6.06. The Morgan fingerprint density at radius 1 is 0.897 bits per heavy atom. The molecule has 2 aromatic carbocycles. The van der Waals surface area contributed by atoms with Gasteiger partial charge < -0.3 is 14.6 Å². The lowest BCUT2D eigenvalue weighted by molar-refractivity contribution is -0.136. The van der Waals surface area contributed by atoms with Gasteiger partial charge >= 0.3 is 0 Å². The van der Waals surface area contributed by atoms with Crippen LogP contribution in [0.15, 0.2) is 72.9 Å². The Hall–Kier alpha value is -3.18. The summed E-state index contributed by atoms with van der Waals surface area (Å²) in [6.07, 6.45) is 2.71. The number of pyridine rings is 1. The highest BCUT2D eigenvalue weighted by Gasteiger charge is 2.36. The fourth-order valence-electron chi connectivity index (χ4n) is 4.43. The molecule has 5 rings (SSSR count). The number of piperidine rings is 1. The van der Waals surface area contributed by atoms with Gasteiger partial charge in [-0.15, -0.1) is 0 Å². The van der Waals surface area contributed by atoms with Crippen LogP contribution in [0.25, 0.3) is 21.8 Å². The molecule has 1 N–H and O–H groups in total. The van der Waals surface area contributed by atoms with E-state index in [9.17, 15) is 9.90 Å². The molecule has 1 aliphatic rings. The van der Waals surface area contributed by atoms with Gasteiger partial charge in [0.15, 0.2) is 0 Å². The Labute approximate surface area is 169 Å². The molecule has 4 aromatic rings. The van der Waals surface area contributed by atoms with E-state index in [1.54, 1.807) is 6.20 Å². The molecule has 0 bridgehead atoms. The molecule has 146 valence electrons. The van der Waals surface area contributed by atoms with E-state index in [1.165, 1.54) is 10.8 Å². The van der Waals surface area contributed by atoms with Crippen molar-refractivity contribution in [2.75, 3.05) is 13.1 Å². The number of aliphatic hydroxyl groups is 1. The monoisotopic (exact) mass is 385 g/mol. The number of carbonyl (C=O) groups is 1. The van der Waals surface area contributed by atoms with Gasteiger partial charge in [0.1, 0.15) is 12.1 Å². The van der Waals surface area contributed by atoms with Crippen LogP contribution in [-0.4, -0.2) is 38.6 Å². The first kappa shape index (κ1) is 17.9. The Morgan fingerprint density at radius 3 is 2.07 bits per heavy atom. The minimum atomic E-state index is -0.953. The summed E-state index contributed by atoms with van der Waals surface area (Å²) in [7, 11) is 0. The lowest BCUT2D eigenvalue weighted by atomic mass is 9.87. The van der Waals surface area contributed by atoms with Crippen LogP contribution in [0.2, 0.25) is 0 Å². The smallest absolute Gasteiger partial charge is 0.242 e. The second-order valence-electron chi connectivity index (χ2n) is 7.75. The van der Waals surface area contributed by atoms with Crippen LogP contribution in [0.4, 0.5) is 0 Å². The Bertz CT molecular complexity index is 1120. The van der Waals surface area contributed by atoms with Gasteiger partial charge in [-0.3, -0.25) is 9.78 Å². The minimum Gasteiger partial charge on any atom is -0.383 e. The molecule has 1 saturated heterocycles. The summed E-state index contributed by atoms with van der Waals surface area (Å²) in [6, 6.07) is 22.0. The molecule has 5 nitrogen and oxygen atoms in total. The minimum absolute atomic E-state index is 0.0829. The molecule has 5 heteroatoms. The van der Waals surface area contributed by atoms with Gasteiger partial charge in [-0.2, -0.15) is 0 Å². The molecule has 1 fully saturated rings. The van der Waals surface area contributed by atoms with Crippen molar-refractivity contribution >= 4 is 27.7 Å². The molecule has 3 heterocycles. The standard InChI is InChI=1S/C24H23N3O2/c28-23(26-15-12-24(29,13-16-26)22-11-5-6-14-25-22)17-27-20-9-3-1-7-18(20)19-8-2-4-10-21(19)27/h1-11,14,29H,12-13,15-17H2. The van der Waals surface area contributed by atoms with Gasteiger partial charge in [-0.05, 0) is 37.1 Å². The number of para-hydroxylation sites is 2. The number of hydrogen-bond donors (Lipinski definition) is 1. The topological polar surface area (TPSA) is 58.4 Å². The summed E-state index contributed by atoms with van der Waals surface area (Å²) in [5.74, 6) is 0.0829. The highest BCUT2D eigenvalue weighted by Crippen LogP contribution is 2.32. The van der Waals surface area contributed by atoms with E-state index in [0.717, 1.165) is 11.0 Å². The van der Waals surface area contributed by atoms with Gasteiger partial charge in [-0.25, -0.2) is 0 Å². The number of aromatic nitrogens is 2. The number of benzene rings is 2. The molecule has 0 radical (unpaired) electrons. The molecule has 2 aromatic heterocycles. The van der Waals surface area contributed by atoms with Crippen LogP contribution in [0.3, 0.4) is 0 Å². The Kier molecular flexibility index (Phi) is 4.32. The van der Waals surface area contributed by atoms with Crippen molar-refractivity contribution in [3.63, 3.8) is 0 Å². The molecule has 29 heavy (non-hydrogen) atoms. The van der Waals surface area contributed by atoms with E-state index in [1.807, 2.05) is 47.4 Å². The first-order chi connectivity index (χ1) is 14.2. The number of nitrogens with zero attached hydrogens (tertiary/aromatic N) is 3. The number of rotatable bonds is 3. The third-order valence-electron chi connectivity index (χ3n) is 6.06. The molecule has 0 aliphatic carbocycles. The third kappa shape index (κ3) is 3.08. The second-order valence-corrected chi connectivity index (χ2v) is 7.75. The Balaban J connectivity index is 1.38. The zero-order chi connectivity index (χ0) is 19.8. The normalized spacial score (nSPS) is 16.4. The van der Waals surface area contributed by atoms with Crippen molar-refractivity contribution in [2.45, 2.75) is 25.0 Å². The number of amides is 1. The lowest BCUT2D eigenvalue weighted by Crippen LogP contribution is -2.46. The van der Waals surface area contributed by atoms with Crippen molar-refractivity contribution in [2.24, 2.45) is 0 Å². The molecular formula is C24H23N3O2. The summed E-state index contributed by atoms with van der Waals surface area (Å²) < 4.78 is 2.10. The molecule has 0 saturated carbocycles. The van der Waals surface area contributed by atoms with Crippen LogP contribution >= 0.6 is 0 Å². The average molecular weight is 385 g/mol. The SMILES string of the molecule is O=C(Cn1c2ccccc2c2ccccc21)N1CCC(O)(c2ccccn2)CC1. The van der Waals surface area contributed by atoms with Crippen molar-refractivity contribution in [3.05, 3.63) is 78.6 Å². The van der Waals surface area contributed by atoms with E-state index < -0.39 is 5.60 Å². The van der Waals surface area contributed by atoms with Crippen molar-refractivity contribution in [1.29, 1.82) is 0 Å². The summed E-state index contributed by atoms with van der Waals surface area (Å²) in [6.45, 7) is 1.36. The van der Waals surface area contributed by atoms with Gasteiger partial charge in [0.2, 0.25) is 5.91 Å². The van der Waals surface area contributed by atoms with Crippen molar-refractivity contribution in [3.8, 4) is 0 Å². The van der Waals surface area contributed by atoms with Gasteiger partial charge in [0, 0.05) is 41.1 Å². The zero-order valence-corrected chi connectivity index (χ0v) is 16.2. The average Bonchev–Trinajstić information content (AvgIpc) is 3.09. The number of hydrogen-bond acceptors (Lipinski definition) is 3. The predicted octanol–water partition coefficient (Wildman–Crippen LogP) is 3.70. The van der Waals surface area contributed by atoms with E-state index in [4.69, 9.17) is 0 Å². The number of carbonyl (C=O) groups excluding carboxylic acids is 1. The van der Waals surface area contributed by atoms with E-state index >= 15 is 0 Å². The van der Waals surface area contributed by atoms with E-state index in [2.05, 4.69) is 33.8 Å². The summed E-state index contributed by atoms with van der Waals surface area (Å²) in [5.41, 5.74) is 1.88. The fraction of sp³-hybridized carbons (Fsp3) is 0.250. The molecule has 0 atom stereocenters. The molecular weight excluding hydrogens is 362 g/mol. The molecule has 1 aliphatic heterocycles. The maximum Gasteiger partial charge on any atom is 0.242 e. The van der Waals surface area contributed by atoms with Gasteiger partial charge in [-0.1, -0.05) is 42.5 Å². The van der Waals surface area contributed by atoms with Crippen LogP contribution in [0, 0.1) is 0 Å². The first-order valence-electron chi connectivity index (χ1n) is 10.0. The zero-order valence-electron chi connectivity index (χ0n) is 16.2. The highest BCUT2D eigenvalue weighted by atomic mass is 16.3. The predicted molar refractivity (Wildman–Crippen MR) is 113 cm³/mol.